The first kappa shape index (κ1) is 19.0. The lowest BCUT2D eigenvalue weighted by Gasteiger charge is -2.32. The second-order valence-electron chi connectivity index (χ2n) is 7.99. The van der Waals surface area contributed by atoms with Crippen molar-refractivity contribution in [1.29, 1.82) is 0 Å². The maximum atomic E-state index is 4.08. The van der Waals surface area contributed by atoms with Gasteiger partial charge in [0.15, 0.2) is 0 Å². The Labute approximate surface area is 159 Å². The van der Waals surface area contributed by atoms with Crippen molar-refractivity contribution in [2.45, 2.75) is 64.0 Å². The summed E-state index contributed by atoms with van der Waals surface area (Å²) in [5, 5.41) is 7.90. The van der Waals surface area contributed by atoms with E-state index in [-0.39, 0.29) is 0 Å². The number of nitrogens with one attached hydrogen (secondary N) is 1. The minimum absolute atomic E-state index is 0.333. The van der Waals surface area contributed by atoms with Gasteiger partial charge in [0.2, 0.25) is 0 Å². The molecule has 0 amide bonds. The first-order chi connectivity index (χ1) is 12.6. The summed E-state index contributed by atoms with van der Waals surface area (Å²) in [6, 6.07) is 7.45. The topological polar surface area (TPSA) is 18.5 Å². The lowest BCUT2D eigenvalue weighted by atomic mass is 9.84. The third-order valence-electron chi connectivity index (χ3n) is 6.21. The zero-order valence-corrected chi connectivity index (χ0v) is 16.6. The fraction of sp³-hybridized carbons (Fsp3) is 0.565. The highest BCUT2D eigenvalue weighted by Crippen LogP contribution is 2.35. The summed E-state index contributed by atoms with van der Waals surface area (Å²) in [5.74, 6) is 0.894. The molecule has 1 aromatic rings. The smallest absolute Gasteiger partial charge is 0.0565 e. The molecule has 142 valence electrons. The summed E-state index contributed by atoms with van der Waals surface area (Å²) in [7, 11) is 4.12. The Bertz CT molecular complexity index is 630. The molecule has 1 aliphatic heterocycles. The molecule has 2 aliphatic rings. The molecule has 3 nitrogen and oxygen atoms in total. The van der Waals surface area contributed by atoms with Crippen molar-refractivity contribution in [1.82, 2.24) is 10.3 Å². The molecule has 1 unspecified atom stereocenters. The average Bonchev–Trinajstić information content (AvgIpc) is 2.99. The number of nitrogens with zero attached hydrogens (tertiary/aromatic N) is 2. The van der Waals surface area contributed by atoms with E-state index in [0.717, 1.165) is 31.0 Å². The second-order valence-corrected chi connectivity index (χ2v) is 7.99. The first-order valence-electron chi connectivity index (χ1n) is 10.2. The summed E-state index contributed by atoms with van der Waals surface area (Å²) in [6.45, 7) is 9.12. The van der Waals surface area contributed by atoms with Gasteiger partial charge in [-0.25, -0.2) is 5.01 Å². The number of hydrogen-bond donors (Lipinski definition) is 1. The van der Waals surface area contributed by atoms with E-state index < -0.39 is 0 Å². The molecule has 3 rings (SSSR count). The van der Waals surface area contributed by atoms with Gasteiger partial charge in [0, 0.05) is 32.4 Å². The Hall–Kier alpha value is -1.74. The normalized spacial score (nSPS) is 19.2. The Morgan fingerprint density at radius 2 is 2.08 bits per heavy atom. The van der Waals surface area contributed by atoms with Gasteiger partial charge in [-0.3, -0.25) is 0 Å². The molecule has 0 bridgehead atoms. The standard InChI is InChI=1S/C23H35N3/c1-5-22(13-11-18(2)24-3)26-17-21-16-20(12-14-23(21)25(26)4)15-19-9-7-6-8-10-19/h5,12,14,16,19,22,24H,1-2,6-11,13,15,17H2,3-4H3. The second kappa shape index (κ2) is 8.77. The molecule has 1 aliphatic carbocycles. The van der Waals surface area contributed by atoms with Crippen LogP contribution < -0.4 is 10.3 Å². The van der Waals surface area contributed by atoms with Gasteiger partial charge < -0.3 is 10.3 Å². The number of hydrazine groups is 1. The minimum atomic E-state index is 0.333. The number of benzene rings is 1. The monoisotopic (exact) mass is 353 g/mol. The van der Waals surface area contributed by atoms with Crippen LogP contribution in [0.25, 0.3) is 0 Å². The first-order valence-corrected chi connectivity index (χ1v) is 10.2. The van der Waals surface area contributed by atoms with Crippen LogP contribution in [0, 0.1) is 5.92 Å². The van der Waals surface area contributed by atoms with Crippen LogP contribution in [0.3, 0.4) is 0 Å². The van der Waals surface area contributed by atoms with Crippen LogP contribution in [-0.2, 0) is 13.0 Å². The number of hydrogen-bond acceptors (Lipinski definition) is 3. The fourth-order valence-corrected chi connectivity index (χ4v) is 4.53. The quantitative estimate of drug-likeness (QED) is 0.660. The van der Waals surface area contributed by atoms with E-state index in [1.165, 1.54) is 55.3 Å². The zero-order chi connectivity index (χ0) is 18.5. The SMILES string of the molecule is C=CC(CCC(=C)NC)N1Cc2cc(CC3CCCCC3)ccc2N1C. The van der Waals surface area contributed by atoms with Crippen LogP contribution in [0.15, 0.2) is 43.1 Å². The van der Waals surface area contributed by atoms with Gasteiger partial charge in [0.1, 0.15) is 0 Å². The lowest BCUT2D eigenvalue weighted by Crippen LogP contribution is -2.41. The number of rotatable bonds is 8. The predicted molar refractivity (Wildman–Crippen MR) is 112 cm³/mol. The molecular weight excluding hydrogens is 318 g/mol. The minimum Gasteiger partial charge on any atom is -0.392 e. The van der Waals surface area contributed by atoms with Gasteiger partial charge in [0.05, 0.1) is 5.69 Å². The third-order valence-corrected chi connectivity index (χ3v) is 6.21. The van der Waals surface area contributed by atoms with Gasteiger partial charge in [-0.15, -0.1) is 6.58 Å². The van der Waals surface area contributed by atoms with Crippen LogP contribution in [0.4, 0.5) is 5.69 Å². The molecule has 0 spiro atoms. The number of fused-ring (bicyclic) bond motifs is 1. The molecule has 26 heavy (non-hydrogen) atoms. The Balaban J connectivity index is 1.66. The Morgan fingerprint density at radius 1 is 1.31 bits per heavy atom. The van der Waals surface area contributed by atoms with E-state index >= 15 is 0 Å². The number of anilines is 1. The highest BCUT2D eigenvalue weighted by Gasteiger charge is 2.29. The summed E-state index contributed by atoms with van der Waals surface area (Å²) >= 11 is 0. The van der Waals surface area contributed by atoms with Gasteiger partial charge in [-0.05, 0) is 42.4 Å². The van der Waals surface area contributed by atoms with E-state index in [9.17, 15) is 0 Å². The maximum Gasteiger partial charge on any atom is 0.0565 e. The molecule has 0 aromatic heterocycles. The molecule has 0 radical (unpaired) electrons. The van der Waals surface area contributed by atoms with Crippen molar-refractivity contribution in [3.63, 3.8) is 0 Å². The Kier molecular flexibility index (Phi) is 6.42. The predicted octanol–water partition coefficient (Wildman–Crippen LogP) is 5.04. The molecule has 0 saturated heterocycles. The van der Waals surface area contributed by atoms with Crippen LogP contribution in [0.5, 0.6) is 0 Å². The third kappa shape index (κ3) is 4.32. The van der Waals surface area contributed by atoms with Crippen molar-refractivity contribution in [3.05, 3.63) is 54.3 Å². The van der Waals surface area contributed by atoms with E-state index in [0.29, 0.717) is 6.04 Å². The van der Waals surface area contributed by atoms with Crippen LogP contribution in [-0.4, -0.2) is 25.1 Å². The van der Waals surface area contributed by atoms with Crippen molar-refractivity contribution >= 4 is 5.69 Å². The van der Waals surface area contributed by atoms with E-state index in [1.807, 2.05) is 7.05 Å². The van der Waals surface area contributed by atoms with Crippen molar-refractivity contribution < 1.29 is 0 Å². The van der Waals surface area contributed by atoms with Crippen molar-refractivity contribution in [3.8, 4) is 0 Å². The molecule has 1 saturated carbocycles. The van der Waals surface area contributed by atoms with E-state index in [2.05, 4.69) is 59.8 Å². The largest absolute Gasteiger partial charge is 0.392 e. The average molecular weight is 354 g/mol. The molecular formula is C23H35N3. The summed E-state index contributed by atoms with van der Waals surface area (Å²) in [5.41, 5.74) is 5.41. The maximum absolute atomic E-state index is 4.08. The van der Waals surface area contributed by atoms with Gasteiger partial charge >= 0.3 is 0 Å². The Morgan fingerprint density at radius 3 is 2.77 bits per heavy atom. The number of allylic oxidation sites excluding steroid dienone is 1. The molecule has 1 fully saturated rings. The summed E-state index contributed by atoms with van der Waals surface area (Å²) in [4.78, 5) is 0. The van der Waals surface area contributed by atoms with E-state index in [1.54, 1.807) is 0 Å². The molecule has 1 N–H and O–H groups in total. The highest BCUT2D eigenvalue weighted by molar-refractivity contribution is 5.57. The lowest BCUT2D eigenvalue weighted by molar-refractivity contribution is 0.221. The van der Waals surface area contributed by atoms with Crippen molar-refractivity contribution in [2.24, 2.45) is 5.92 Å². The zero-order valence-electron chi connectivity index (χ0n) is 16.6. The van der Waals surface area contributed by atoms with Crippen LogP contribution >= 0.6 is 0 Å². The van der Waals surface area contributed by atoms with Crippen LogP contribution in [0.1, 0.15) is 56.1 Å². The van der Waals surface area contributed by atoms with Gasteiger partial charge in [-0.2, -0.15) is 0 Å². The van der Waals surface area contributed by atoms with Gasteiger partial charge in [-0.1, -0.05) is 56.9 Å². The molecule has 3 heteroatoms. The fourth-order valence-electron chi connectivity index (χ4n) is 4.53. The summed E-state index contributed by atoms with van der Waals surface area (Å²) < 4.78 is 0. The highest BCUT2D eigenvalue weighted by atomic mass is 15.6. The summed E-state index contributed by atoms with van der Waals surface area (Å²) in [6.07, 6.45) is 12.4. The van der Waals surface area contributed by atoms with E-state index in [4.69, 9.17) is 0 Å². The van der Waals surface area contributed by atoms with Crippen LogP contribution in [0.2, 0.25) is 0 Å². The molecule has 1 heterocycles. The van der Waals surface area contributed by atoms with Crippen molar-refractivity contribution in [2.75, 3.05) is 19.1 Å². The van der Waals surface area contributed by atoms with Gasteiger partial charge in [0.25, 0.3) is 0 Å². The molecule has 1 aromatic carbocycles. The molecule has 1 atom stereocenters.